The van der Waals surface area contributed by atoms with Gasteiger partial charge >= 0.3 is 0 Å². The van der Waals surface area contributed by atoms with Crippen molar-refractivity contribution in [3.05, 3.63) is 70.8 Å². The van der Waals surface area contributed by atoms with Gasteiger partial charge in [0, 0.05) is 6.08 Å². The zero-order chi connectivity index (χ0) is 16.9. The number of nitrogens with one attached hydrogen (secondary N) is 1. The van der Waals surface area contributed by atoms with E-state index >= 15 is 0 Å². The summed E-state index contributed by atoms with van der Waals surface area (Å²) >= 11 is 0. The number of ether oxygens (including phenoxy) is 1. The Morgan fingerprint density at radius 2 is 1.88 bits per heavy atom. The first kappa shape index (κ1) is 16.3. The van der Waals surface area contributed by atoms with E-state index in [0.717, 1.165) is 17.7 Å². The van der Waals surface area contributed by atoms with Crippen LogP contribution in [0.2, 0.25) is 0 Å². The Morgan fingerprint density at radius 3 is 2.62 bits per heavy atom. The third kappa shape index (κ3) is 3.85. The summed E-state index contributed by atoms with van der Waals surface area (Å²) in [6.07, 6.45) is 6.96. The number of amides is 1. The van der Waals surface area contributed by atoms with E-state index in [1.54, 1.807) is 13.2 Å². The molecule has 2 aromatic rings. The SMILES string of the molecule is COc1ccc(/C=C/C(=O)N[C@H](C)c2ccc3c(c2)CCC3)cc1. The molecular formula is C21H23NO2. The van der Waals surface area contributed by atoms with Crippen LogP contribution in [0.1, 0.15) is 41.6 Å². The first-order valence-corrected chi connectivity index (χ1v) is 8.40. The lowest BCUT2D eigenvalue weighted by Gasteiger charge is -2.14. The molecule has 124 valence electrons. The van der Waals surface area contributed by atoms with Crippen LogP contribution < -0.4 is 10.1 Å². The molecule has 0 fully saturated rings. The Kier molecular flexibility index (Phi) is 4.99. The normalized spacial score (nSPS) is 14.4. The van der Waals surface area contributed by atoms with Gasteiger partial charge in [0.25, 0.3) is 0 Å². The van der Waals surface area contributed by atoms with E-state index in [2.05, 4.69) is 23.5 Å². The van der Waals surface area contributed by atoms with Crippen molar-refractivity contribution in [3.63, 3.8) is 0 Å². The fourth-order valence-electron chi connectivity index (χ4n) is 3.09. The molecule has 2 aromatic carbocycles. The van der Waals surface area contributed by atoms with Gasteiger partial charge in [0.1, 0.15) is 5.75 Å². The predicted molar refractivity (Wildman–Crippen MR) is 97.1 cm³/mol. The van der Waals surface area contributed by atoms with Crippen molar-refractivity contribution < 1.29 is 9.53 Å². The smallest absolute Gasteiger partial charge is 0.244 e. The molecule has 3 rings (SSSR count). The van der Waals surface area contributed by atoms with Gasteiger partial charge in [-0.3, -0.25) is 4.79 Å². The largest absolute Gasteiger partial charge is 0.497 e. The molecule has 0 aromatic heterocycles. The van der Waals surface area contributed by atoms with Crippen LogP contribution in [0.4, 0.5) is 0 Å². The first-order valence-electron chi connectivity index (χ1n) is 8.40. The lowest BCUT2D eigenvalue weighted by atomic mass is 10.0. The van der Waals surface area contributed by atoms with Crippen molar-refractivity contribution in [2.45, 2.75) is 32.2 Å². The number of fused-ring (bicyclic) bond motifs is 1. The highest BCUT2D eigenvalue weighted by Gasteiger charge is 2.14. The van der Waals surface area contributed by atoms with E-state index < -0.39 is 0 Å². The fraction of sp³-hybridized carbons (Fsp3) is 0.286. The van der Waals surface area contributed by atoms with E-state index in [4.69, 9.17) is 4.74 Å². The molecule has 24 heavy (non-hydrogen) atoms. The van der Waals surface area contributed by atoms with Crippen LogP contribution >= 0.6 is 0 Å². The topological polar surface area (TPSA) is 38.3 Å². The van der Waals surface area contributed by atoms with Crippen molar-refractivity contribution in [1.29, 1.82) is 0 Å². The predicted octanol–water partition coefficient (Wildman–Crippen LogP) is 4.07. The monoisotopic (exact) mass is 321 g/mol. The van der Waals surface area contributed by atoms with E-state index in [0.29, 0.717) is 0 Å². The van der Waals surface area contributed by atoms with Crippen LogP contribution in [0.15, 0.2) is 48.5 Å². The van der Waals surface area contributed by atoms with Crippen molar-refractivity contribution in [1.82, 2.24) is 5.32 Å². The first-order chi connectivity index (χ1) is 11.7. The second-order valence-corrected chi connectivity index (χ2v) is 6.22. The Hall–Kier alpha value is -2.55. The van der Waals surface area contributed by atoms with Gasteiger partial charge in [0.05, 0.1) is 13.2 Å². The number of carbonyl (C=O) groups is 1. The lowest BCUT2D eigenvalue weighted by Crippen LogP contribution is -2.24. The highest BCUT2D eigenvalue weighted by Crippen LogP contribution is 2.25. The molecule has 3 heteroatoms. The zero-order valence-corrected chi connectivity index (χ0v) is 14.2. The maximum absolute atomic E-state index is 12.1. The number of carbonyl (C=O) groups excluding carboxylic acids is 1. The van der Waals surface area contributed by atoms with Crippen LogP contribution in [0, 0.1) is 0 Å². The Labute approximate surface area is 143 Å². The van der Waals surface area contributed by atoms with E-state index in [9.17, 15) is 4.79 Å². The quantitative estimate of drug-likeness (QED) is 0.843. The number of hydrogen-bond acceptors (Lipinski definition) is 2. The average Bonchev–Trinajstić information content (AvgIpc) is 3.08. The van der Waals surface area contributed by atoms with Gasteiger partial charge in [-0.15, -0.1) is 0 Å². The zero-order valence-electron chi connectivity index (χ0n) is 14.2. The van der Waals surface area contributed by atoms with E-state index in [1.165, 1.54) is 29.5 Å². The summed E-state index contributed by atoms with van der Waals surface area (Å²) in [5.74, 6) is 0.723. The Bertz CT molecular complexity index is 747. The second kappa shape index (κ2) is 7.35. The number of hydrogen-bond donors (Lipinski definition) is 1. The third-order valence-corrected chi connectivity index (χ3v) is 4.52. The van der Waals surface area contributed by atoms with Crippen LogP contribution in [0.25, 0.3) is 6.08 Å². The highest BCUT2D eigenvalue weighted by molar-refractivity contribution is 5.92. The summed E-state index contributed by atoms with van der Waals surface area (Å²) in [6.45, 7) is 2.02. The molecule has 1 amide bonds. The molecule has 3 nitrogen and oxygen atoms in total. The third-order valence-electron chi connectivity index (χ3n) is 4.52. The molecule has 0 saturated carbocycles. The second-order valence-electron chi connectivity index (χ2n) is 6.22. The summed E-state index contributed by atoms with van der Waals surface area (Å²) in [5, 5.41) is 3.03. The van der Waals surface area contributed by atoms with Crippen molar-refractivity contribution in [2.24, 2.45) is 0 Å². The van der Waals surface area contributed by atoms with Gasteiger partial charge in [-0.1, -0.05) is 30.3 Å². The molecule has 0 unspecified atom stereocenters. The Morgan fingerprint density at radius 1 is 1.12 bits per heavy atom. The minimum Gasteiger partial charge on any atom is -0.497 e. The lowest BCUT2D eigenvalue weighted by molar-refractivity contribution is -0.117. The summed E-state index contributed by atoms with van der Waals surface area (Å²) in [6, 6.07) is 14.2. The molecule has 0 bridgehead atoms. The Balaban J connectivity index is 1.60. The molecule has 0 heterocycles. The van der Waals surface area contributed by atoms with Crippen LogP contribution in [0.5, 0.6) is 5.75 Å². The fourth-order valence-corrected chi connectivity index (χ4v) is 3.09. The van der Waals surface area contributed by atoms with Gasteiger partial charge in [0.2, 0.25) is 5.91 Å². The molecule has 0 aliphatic heterocycles. The number of methoxy groups -OCH3 is 1. The highest BCUT2D eigenvalue weighted by atomic mass is 16.5. The molecule has 1 N–H and O–H groups in total. The minimum atomic E-state index is -0.0844. The van der Waals surface area contributed by atoms with Crippen molar-refractivity contribution >= 4 is 12.0 Å². The average molecular weight is 321 g/mol. The van der Waals surface area contributed by atoms with Gasteiger partial charge in [-0.2, -0.15) is 0 Å². The molecule has 0 saturated heterocycles. The molecule has 0 radical (unpaired) electrons. The molecule has 1 aliphatic rings. The molecular weight excluding hydrogens is 298 g/mol. The number of aryl methyl sites for hydroxylation is 2. The van der Waals surface area contributed by atoms with Gasteiger partial charge in [-0.05, 0) is 66.6 Å². The summed E-state index contributed by atoms with van der Waals surface area (Å²) in [7, 11) is 1.64. The number of benzene rings is 2. The van der Waals surface area contributed by atoms with Gasteiger partial charge in [0.15, 0.2) is 0 Å². The molecule has 0 spiro atoms. The van der Waals surface area contributed by atoms with Crippen LogP contribution in [-0.4, -0.2) is 13.0 Å². The van der Waals surface area contributed by atoms with Crippen LogP contribution in [-0.2, 0) is 17.6 Å². The number of rotatable bonds is 5. The molecule has 1 aliphatic carbocycles. The standard InChI is InChI=1S/C21H23NO2/c1-15(18-10-9-17-4-3-5-19(17)14-18)22-21(23)13-8-16-6-11-20(24-2)12-7-16/h6-15H,3-5H2,1-2H3,(H,22,23)/b13-8+/t15-/m1/s1. The minimum absolute atomic E-state index is 0.00363. The van der Waals surface area contributed by atoms with Crippen molar-refractivity contribution in [3.8, 4) is 5.75 Å². The summed E-state index contributed by atoms with van der Waals surface area (Å²) < 4.78 is 5.12. The maximum Gasteiger partial charge on any atom is 0.244 e. The summed E-state index contributed by atoms with van der Waals surface area (Å²) in [4.78, 5) is 12.1. The molecule has 1 atom stereocenters. The van der Waals surface area contributed by atoms with E-state index in [1.807, 2.05) is 37.3 Å². The maximum atomic E-state index is 12.1. The van der Waals surface area contributed by atoms with E-state index in [-0.39, 0.29) is 11.9 Å². The van der Waals surface area contributed by atoms with Crippen LogP contribution in [0.3, 0.4) is 0 Å². The summed E-state index contributed by atoms with van der Waals surface area (Å²) in [5.41, 5.74) is 5.03. The van der Waals surface area contributed by atoms with Gasteiger partial charge < -0.3 is 10.1 Å². The van der Waals surface area contributed by atoms with Gasteiger partial charge in [-0.25, -0.2) is 0 Å². The van der Waals surface area contributed by atoms with Crippen molar-refractivity contribution in [2.75, 3.05) is 7.11 Å².